The van der Waals surface area contributed by atoms with Crippen LogP contribution in [-0.4, -0.2) is 48.2 Å². The van der Waals surface area contributed by atoms with Crippen molar-refractivity contribution in [3.8, 4) is 11.5 Å². The monoisotopic (exact) mass is 307 g/mol. The average molecular weight is 307 g/mol. The predicted octanol–water partition coefficient (Wildman–Crippen LogP) is 1.85. The third-order valence-corrected chi connectivity index (χ3v) is 3.84. The maximum absolute atomic E-state index is 12.2. The number of methoxy groups -OCH3 is 1. The number of rotatable bonds is 6. The number of carboxylic acid groups (broad SMARTS) is 1. The van der Waals surface area contributed by atoms with E-state index in [-0.39, 0.29) is 25.0 Å². The van der Waals surface area contributed by atoms with Gasteiger partial charge in [0.15, 0.2) is 6.61 Å². The highest BCUT2D eigenvalue weighted by atomic mass is 16.5. The van der Waals surface area contributed by atoms with Crippen LogP contribution < -0.4 is 9.47 Å². The van der Waals surface area contributed by atoms with Crippen molar-refractivity contribution in [1.29, 1.82) is 0 Å². The number of aliphatic carboxylic acids is 1. The number of benzene rings is 1. The first kappa shape index (κ1) is 16.1. The lowest BCUT2D eigenvalue weighted by molar-refractivity contribution is -0.140. The van der Waals surface area contributed by atoms with Crippen LogP contribution in [0.2, 0.25) is 0 Å². The molecule has 22 heavy (non-hydrogen) atoms. The van der Waals surface area contributed by atoms with Crippen molar-refractivity contribution in [3.63, 3.8) is 0 Å². The smallest absolute Gasteiger partial charge is 0.305 e. The zero-order valence-electron chi connectivity index (χ0n) is 12.9. The summed E-state index contributed by atoms with van der Waals surface area (Å²) < 4.78 is 10.7. The molecule has 0 radical (unpaired) electrons. The summed E-state index contributed by atoms with van der Waals surface area (Å²) in [6.45, 7) is 2.42. The van der Waals surface area contributed by atoms with Gasteiger partial charge in [0.25, 0.3) is 5.91 Å². The normalized spacial score (nSPS) is 17.4. The minimum absolute atomic E-state index is 0.00656. The summed E-state index contributed by atoms with van der Waals surface area (Å²) >= 11 is 0. The molecule has 0 bridgehead atoms. The highest BCUT2D eigenvalue weighted by Gasteiger charge is 2.30. The van der Waals surface area contributed by atoms with Gasteiger partial charge in [-0.2, -0.15) is 0 Å². The average Bonchev–Trinajstić information content (AvgIpc) is 2.92. The van der Waals surface area contributed by atoms with Gasteiger partial charge in [0.2, 0.25) is 0 Å². The second-order valence-corrected chi connectivity index (χ2v) is 5.40. The third-order valence-electron chi connectivity index (χ3n) is 3.84. The minimum atomic E-state index is -0.878. The minimum Gasteiger partial charge on any atom is -0.496 e. The Hall–Kier alpha value is -2.24. The van der Waals surface area contributed by atoms with E-state index in [0.717, 1.165) is 24.2 Å². The van der Waals surface area contributed by atoms with Gasteiger partial charge < -0.3 is 19.5 Å². The summed E-state index contributed by atoms with van der Waals surface area (Å²) in [5.41, 5.74) is 0.928. The van der Waals surface area contributed by atoms with E-state index < -0.39 is 5.97 Å². The summed E-state index contributed by atoms with van der Waals surface area (Å²) in [5.74, 6) is 0.314. The fourth-order valence-corrected chi connectivity index (χ4v) is 2.75. The number of aryl methyl sites for hydroxylation is 1. The van der Waals surface area contributed by atoms with Crippen LogP contribution >= 0.6 is 0 Å². The van der Waals surface area contributed by atoms with E-state index >= 15 is 0 Å². The number of nitrogens with zero attached hydrogens (tertiary/aromatic N) is 1. The topological polar surface area (TPSA) is 76.1 Å². The molecule has 2 rings (SSSR count). The number of carboxylic acids is 1. The Morgan fingerprint density at radius 3 is 2.82 bits per heavy atom. The second kappa shape index (κ2) is 7.15. The fourth-order valence-electron chi connectivity index (χ4n) is 2.75. The summed E-state index contributed by atoms with van der Waals surface area (Å²) in [7, 11) is 1.60. The Kier molecular flexibility index (Phi) is 5.25. The fraction of sp³-hybridized carbons (Fsp3) is 0.500. The van der Waals surface area contributed by atoms with Crippen LogP contribution in [0.4, 0.5) is 0 Å². The van der Waals surface area contributed by atoms with Gasteiger partial charge >= 0.3 is 5.97 Å². The molecule has 0 aromatic heterocycles. The Morgan fingerprint density at radius 2 is 2.18 bits per heavy atom. The first-order valence-electron chi connectivity index (χ1n) is 7.30. The van der Waals surface area contributed by atoms with Crippen molar-refractivity contribution >= 4 is 11.9 Å². The number of ether oxygens (including phenoxy) is 2. The third kappa shape index (κ3) is 3.90. The van der Waals surface area contributed by atoms with E-state index in [2.05, 4.69) is 0 Å². The number of carbonyl (C=O) groups is 2. The van der Waals surface area contributed by atoms with E-state index in [9.17, 15) is 9.59 Å². The standard InChI is InChI=1S/C16H21NO5/c1-11-8-13(5-6-14(11)21-2)22-10-15(18)17-7-3-4-12(17)9-16(19)20/h5-6,8,12H,3-4,7,9-10H2,1-2H3,(H,19,20). The lowest BCUT2D eigenvalue weighted by Crippen LogP contribution is -2.39. The largest absolute Gasteiger partial charge is 0.496 e. The van der Waals surface area contributed by atoms with Crippen molar-refractivity contribution in [2.75, 3.05) is 20.3 Å². The van der Waals surface area contributed by atoms with Crippen molar-refractivity contribution < 1.29 is 24.2 Å². The molecule has 1 unspecified atom stereocenters. The summed E-state index contributed by atoms with van der Waals surface area (Å²) in [4.78, 5) is 24.6. The molecule has 1 aliphatic rings. The van der Waals surface area contributed by atoms with Crippen LogP contribution in [0.5, 0.6) is 11.5 Å². The molecule has 1 heterocycles. The summed E-state index contributed by atoms with van der Waals surface area (Å²) in [6, 6.07) is 5.13. The molecule has 0 spiro atoms. The lowest BCUT2D eigenvalue weighted by atomic mass is 10.1. The molecule has 1 fully saturated rings. The number of amides is 1. The first-order chi connectivity index (χ1) is 10.5. The SMILES string of the molecule is COc1ccc(OCC(=O)N2CCCC2CC(=O)O)cc1C. The van der Waals surface area contributed by atoms with E-state index in [1.54, 1.807) is 24.1 Å². The first-order valence-corrected chi connectivity index (χ1v) is 7.30. The molecular formula is C16H21NO5. The molecule has 1 aromatic carbocycles. The molecule has 6 heteroatoms. The maximum atomic E-state index is 12.2. The molecular weight excluding hydrogens is 286 g/mol. The van der Waals surface area contributed by atoms with Gasteiger partial charge in [-0.05, 0) is 43.5 Å². The maximum Gasteiger partial charge on any atom is 0.305 e. The highest BCUT2D eigenvalue weighted by molar-refractivity contribution is 5.79. The summed E-state index contributed by atoms with van der Waals surface area (Å²) in [5, 5.41) is 8.88. The van der Waals surface area contributed by atoms with Gasteiger partial charge in [0.05, 0.1) is 13.5 Å². The molecule has 1 aliphatic heterocycles. The van der Waals surface area contributed by atoms with Gasteiger partial charge in [-0.3, -0.25) is 9.59 Å². The molecule has 1 saturated heterocycles. The number of hydrogen-bond acceptors (Lipinski definition) is 4. The molecule has 0 saturated carbocycles. The van der Waals surface area contributed by atoms with Crippen molar-refractivity contribution in [1.82, 2.24) is 4.90 Å². The van der Waals surface area contributed by atoms with E-state index in [1.807, 2.05) is 13.0 Å². The van der Waals surface area contributed by atoms with Crippen LogP contribution in [-0.2, 0) is 9.59 Å². The lowest BCUT2D eigenvalue weighted by Gasteiger charge is -2.23. The molecule has 1 atom stereocenters. The van der Waals surface area contributed by atoms with Crippen molar-refractivity contribution in [2.24, 2.45) is 0 Å². The quantitative estimate of drug-likeness (QED) is 0.868. The van der Waals surface area contributed by atoms with Gasteiger partial charge in [0.1, 0.15) is 11.5 Å². The Bertz CT molecular complexity index is 557. The van der Waals surface area contributed by atoms with Crippen LogP contribution in [0.25, 0.3) is 0 Å². The number of hydrogen-bond donors (Lipinski definition) is 1. The van der Waals surface area contributed by atoms with Crippen LogP contribution in [0.1, 0.15) is 24.8 Å². The Balaban J connectivity index is 1.92. The van der Waals surface area contributed by atoms with Crippen molar-refractivity contribution in [3.05, 3.63) is 23.8 Å². The van der Waals surface area contributed by atoms with Gasteiger partial charge in [-0.15, -0.1) is 0 Å². The van der Waals surface area contributed by atoms with Gasteiger partial charge in [-0.1, -0.05) is 0 Å². The zero-order chi connectivity index (χ0) is 16.1. The van der Waals surface area contributed by atoms with E-state index in [4.69, 9.17) is 14.6 Å². The van der Waals surface area contributed by atoms with Crippen LogP contribution in [0, 0.1) is 6.92 Å². The molecule has 1 amide bonds. The van der Waals surface area contributed by atoms with Gasteiger partial charge in [0, 0.05) is 12.6 Å². The molecule has 0 aliphatic carbocycles. The Labute approximate surface area is 129 Å². The molecule has 120 valence electrons. The van der Waals surface area contributed by atoms with E-state index in [0.29, 0.717) is 12.3 Å². The Morgan fingerprint density at radius 1 is 1.41 bits per heavy atom. The molecule has 6 nitrogen and oxygen atoms in total. The van der Waals surface area contributed by atoms with Crippen LogP contribution in [0.15, 0.2) is 18.2 Å². The predicted molar refractivity (Wildman–Crippen MR) is 80.2 cm³/mol. The number of carbonyl (C=O) groups excluding carboxylic acids is 1. The van der Waals surface area contributed by atoms with Crippen molar-refractivity contribution in [2.45, 2.75) is 32.2 Å². The zero-order valence-corrected chi connectivity index (χ0v) is 12.9. The summed E-state index contributed by atoms with van der Waals surface area (Å²) in [6.07, 6.45) is 1.57. The van der Waals surface area contributed by atoms with E-state index in [1.165, 1.54) is 0 Å². The second-order valence-electron chi connectivity index (χ2n) is 5.40. The van der Waals surface area contributed by atoms with Crippen LogP contribution in [0.3, 0.4) is 0 Å². The molecule has 1 N–H and O–H groups in total. The van der Waals surface area contributed by atoms with Gasteiger partial charge in [-0.25, -0.2) is 0 Å². The molecule has 1 aromatic rings. The number of likely N-dealkylation sites (tertiary alicyclic amines) is 1. The highest BCUT2D eigenvalue weighted by Crippen LogP contribution is 2.24.